The average Bonchev–Trinajstić information content (AvgIpc) is 2.87. The summed E-state index contributed by atoms with van der Waals surface area (Å²) >= 11 is 0. The molecule has 2 heterocycles. The lowest BCUT2D eigenvalue weighted by molar-refractivity contribution is -0.138. The Labute approximate surface area is 126 Å². The lowest BCUT2D eigenvalue weighted by Gasteiger charge is -2.33. The van der Waals surface area contributed by atoms with Gasteiger partial charge in [0.1, 0.15) is 0 Å². The van der Waals surface area contributed by atoms with Crippen molar-refractivity contribution in [2.45, 2.75) is 45.3 Å². The van der Waals surface area contributed by atoms with Gasteiger partial charge in [-0.3, -0.25) is 9.59 Å². The fraction of sp³-hybridized carbons (Fsp3) is 0.867. The molecule has 1 unspecified atom stereocenters. The second kappa shape index (κ2) is 7.22. The average molecular weight is 298 g/mol. The summed E-state index contributed by atoms with van der Waals surface area (Å²) in [5.41, 5.74) is 0. The fourth-order valence-electron chi connectivity index (χ4n) is 3.12. The van der Waals surface area contributed by atoms with Crippen molar-refractivity contribution in [1.82, 2.24) is 9.80 Å². The van der Waals surface area contributed by atoms with Crippen molar-refractivity contribution in [3.63, 3.8) is 0 Å². The van der Waals surface area contributed by atoms with Gasteiger partial charge < -0.3 is 19.6 Å². The molecule has 0 aromatic rings. The van der Waals surface area contributed by atoms with Gasteiger partial charge in [-0.1, -0.05) is 0 Å². The smallest absolute Gasteiger partial charge is 0.227 e. The highest BCUT2D eigenvalue weighted by Gasteiger charge is 2.38. The number of hydrogen-bond donors (Lipinski definition) is 1. The van der Waals surface area contributed by atoms with E-state index in [2.05, 4.69) is 0 Å². The molecule has 2 aliphatic heterocycles. The maximum atomic E-state index is 12.5. The maximum Gasteiger partial charge on any atom is 0.227 e. The molecule has 2 fully saturated rings. The lowest BCUT2D eigenvalue weighted by atomic mass is 10.0. The molecule has 0 spiro atoms. The van der Waals surface area contributed by atoms with E-state index in [-0.39, 0.29) is 36.5 Å². The number of nitrogens with zero attached hydrogens (tertiary/aromatic N) is 2. The molecule has 6 nitrogen and oxygen atoms in total. The third kappa shape index (κ3) is 3.95. The zero-order chi connectivity index (χ0) is 15.4. The molecule has 6 heteroatoms. The summed E-state index contributed by atoms with van der Waals surface area (Å²) in [4.78, 5) is 28.0. The van der Waals surface area contributed by atoms with Gasteiger partial charge in [-0.15, -0.1) is 0 Å². The van der Waals surface area contributed by atoms with Gasteiger partial charge in [-0.25, -0.2) is 0 Å². The highest BCUT2D eigenvalue weighted by molar-refractivity contribution is 5.89. The molecular weight excluding hydrogens is 272 g/mol. The maximum absolute atomic E-state index is 12.5. The summed E-state index contributed by atoms with van der Waals surface area (Å²) in [6, 6.07) is 0.160. The van der Waals surface area contributed by atoms with E-state index in [1.54, 1.807) is 4.90 Å². The predicted molar refractivity (Wildman–Crippen MR) is 77.6 cm³/mol. The third-order valence-electron chi connectivity index (χ3n) is 4.33. The standard InChI is InChI=1S/C15H26N2O4/c1-11(2)17-10-12(9-14(17)19)15(20)16-5-3-13(4-6-16)21-8-7-18/h11-13,18H,3-10H2,1-2H3. The molecule has 0 saturated carbocycles. The number of aliphatic hydroxyl groups excluding tert-OH is 1. The van der Waals surface area contributed by atoms with Crippen LogP contribution in [0.15, 0.2) is 0 Å². The fourth-order valence-corrected chi connectivity index (χ4v) is 3.12. The molecule has 0 aliphatic carbocycles. The molecule has 2 rings (SSSR count). The van der Waals surface area contributed by atoms with E-state index in [1.165, 1.54) is 0 Å². The molecule has 0 radical (unpaired) electrons. The number of piperidine rings is 1. The molecule has 0 bridgehead atoms. The van der Waals surface area contributed by atoms with Crippen LogP contribution in [0.25, 0.3) is 0 Å². The van der Waals surface area contributed by atoms with Crippen molar-refractivity contribution in [1.29, 1.82) is 0 Å². The molecule has 2 aliphatic rings. The van der Waals surface area contributed by atoms with Crippen LogP contribution in [-0.2, 0) is 14.3 Å². The minimum Gasteiger partial charge on any atom is -0.394 e. The Hall–Kier alpha value is -1.14. The molecule has 21 heavy (non-hydrogen) atoms. The lowest BCUT2D eigenvalue weighted by Crippen LogP contribution is -2.44. The zero-order valence-electron chi connectivity index (χ0n) is 13.0. The van der Waals surface area contributed by atoms with Crippen LogP contribution in [0, 0.1) is 5.92 Å². The van der Waals surface area contributed by atoms with Gasteiger partial charge in [0.2, 0.25) is 11.8 Å². The van der Waals surface area contributed by atoms with Crippen LogP contribution in [0.5, 0.6) is 0 Å². The van der Waals surface area contributed by atoms with E-state index in [4.69, 9.17) is 9.84 Å². The van der Waals surface area contributed by atoms with Crippen LogP contribution in [0.2, 0.25) is 0 Å². The molecule has 0 aromatic carbocycles. The molecule has 1 atom stereocenters. The normalized spacial score (nSPS) is 24.2. The summed E-state index contributed by atoms with van der Waals surface area (Å²) in [7, 11) is 0. The second-order valence-corrected chi connectivity index (χ2v) is 6.16. The summed E-state index contributed by atoms with van der Waals surface area (Å²) < 4.78 is 5.50. The van der Waals surface area contributed by atoms with E-state index in [0.717, 1.165) is 12.8 Å². The Morgan fingerprint density at radius 1 is 1.38 bits per heavy atom. The first kappa shape index (κ1) is 16.2. The minimum absolute atomic E-state index is 0.0361. The minimum atomic E-state index is -0.185. The van der Waals surface area contributed by atoms with E-state index in [0.29, 0.717) is 32.7 Å². The Balaban J connectivity index is 1.81. The molecule has 120 valence electrons. The number of likely N-dealkylation sites (tertiary alicyclic amines) is 2. The summed E-state index contributed by atoms with van der Waals surface area (Å²) in [6.45, 7) is 6.27. The number of hydrogen-bond acceptors (Lipinski definition) is 4. The van der Waals surface area contributed by atoms with E-state index in [9.17, 15) is 9.59 Å². The molecule has 2 saturated heterocycles. The van der Waals surface area contributed by atoms with Gasteiger partial charge in [0.15, 0.2) is 0 Å². The van der Waals surface area contributed by atoms with Crippen LogP contribution in [0.1, 0.15) is 33.1 Å². The van der Waals surface area contributed by atoms with Crippen molar-refractivity contribution in [2.75, 3.05) is 32.8 Å². The Kier molecular flexibility index (Phi) is 5.58. The Bertz CT molecular complexity index is 378. The first-order valence-electron chi connectivity index (χ1n) is 7.83. The number of ether oxygens (including phenoxy) is 1. The molecule has 0 aromatic heterocycles. The Morgan fingerprint density at radius 3 is 2.57 bits per heavy atom. The molecule has 1 N–H and O–H groups in total. The topological polar surface area (TPSA) is 70.1 Å². The van der Waals surface area contributed by atoms with Crippen LogP contribution < -0.4 is 0 Å². The van der Waals surface area contributed by atoms with Crippen molar-refractivity contribution < 1.29 is 19.4 Å². The molecule has 2 amide bonds. The van der Waals surface area contributed by atoms with Gasteiger partial charge in [-0.05, 0) is 26.7 Å². The van der Waals surface area contributed by atoms with Crippen LogP contribution >= 0.6 is 0 Å². The van der Waals surface area contributed by atoms with Crippen molar-refractivity contribution >= 4 is 11.8 Å². The van der Waals surface area contributed by atoms with Crippen LogP contribution in [-0.4, -0.2) is 71.7 Å². The van der Waals surface area contributed by atoms with Gasteiger partial charge in [-0.2, -0.15) is 0 Å². The Morgan fingerprint density at radius 2 is 2.05 bits per heavy atom. The van der Waals surface area contributed by atoms with E-state index in [1.807, 2.05) is 18.7 Å². The summed E-state index contributed by atoms with van der Waals surface area (Å²) in [5.74, 6) is 0.00596. The molecular formula is C15H26N2O4. The van der Waals surface area contributed by atoms with Crippen molar-refractivity contribution in [3.05, 3.63) is 0 Å². The van der Waals surface area contributed by atoms with E-state index >= 15 is 0 Å². The number of carbonyl (C=O) groups is 2. The zero-order valence-corrected chi connectivity index (χ0v) is 13.0. The first-order valence-corrected chi connectivity index (χ1v) is 7.83. The number of carbonyl (C=O) groups excluding carboxylic acids is 2. The predicted octanol–water partition coefficient (Wildman–Crippen LogP) is 0.243. The first-order chi connectivity index (χ1) is 10.0. The number of amides is 2. The van der Waals surface area contributed by atoms with E-state index < -0.39 is 0 Å². The SMILES string of the molecule is CC(C)N1CC(C(=O)N2CCC(OCCO)CC2)CC1=O. The van der Waals surface area contributed by atoms with Crippen LogP contribution in [0.3, 0.4) is 0 Å². The highest BCUT2D eigenvalue weighted by atomic mass is 16.5. The van der Waals surface area contributed by atoms with Gasteiger partial charge in [0.05, 0.1) is 25.2 Å². The highest BCUT2D eigenvalue weighted by Crippen LogP contribution is 2.24. The van der Waals surface area contributed by atoms with Crippen LogP contribution in [0.4, 0.5) is 0 Å². The third-order valence-corrected chi connectivity index (χ3v) is 4.33. The quantitative estimate of drug-likeness (QED) is 0.789. The number of aliphatic hydroxyl groups is 1. The van der Waals surface area contributed by atoms with Gasteiger partial charge in [0.25, 0.3) is 0 Å². The van der Waals surface area contributed by atoms with Crippen molar-refractivity contribution in [2.24, 2.45) is 5.92 Å². The van der Waals surface area contributed by atoms with Crippen molar-refractivity contribution in [3.8, 4) is 0 Å². The monoisotopic (exact) mass is 298 g/mol. The largest absolute Gasteiger partial charge is 0.394 e. The summed E-state index contributed by atoms with van der Waals surface area (Å²) in [5, 5.41) is 8.75. The summed E-state index contributed by atoms with van der Waals surface area (Å²) in [6.07, 6.45) is 2.09. The number of rotatable bonds is 5. The van der Waals surface area contributed by atoms with Gasteiger partial charge >= 0.3 is 0 Å². The second-order valence-electron chi connectivity index (χ2n) is 6.16. The van der Waals surface area contributed by atoms with Gasteiger partial charge in [0, 0.05) is 32.1 Å².